The molecule has 7 heteroatoms. The highest BCUT2D eigenvalue weighted by atomic mass is 32.2. The van der Waals surface area contributed by atoms with Gasteiger partial charge in [0.25, 0.3) is 0 Å². The number of aromatic nitrogens is 6. The van der Waals surface area contributed by atoms with E-state index >= 15 is 0 Å². The fourth-order valence-corrected chi connectivity index (χ4v) is 3.57. The molecule has 144 valence electrons. The molecule has 4 rings (SSSR count). The van der Waals surface area contributed by atoms with Crippen LogP contribution in [0.3, 0.4) is 0 Å². The molecule has 1 aromatic carbocycles. The van der Waals surface area contributed by atoms with Gasteiger partial charge in [0.1, 0.15) is 5.69 Å². The zero-order valence-electron chi connectivity index (χ0n) is 16.6. The molecule has 0 amide bonds. The lowest BCUT2D eigenvalue weighted by molar-refractivity contribution is 0.399. The van der Waals surface area contributed by atoms with Crippen molar-refractivity contribution in [1.82, 2.24) is 29.9 Å². The summed E-state index contributed by atoms with van der Waals surface area (Å²) < 4.78 is 1.97. The minimum atomic E-state index is 0.112. The number of hydrogen-bond donors (Lipinski definition) is 1. The van der Waals surface area contributed by atoms with E-state index in [1.807, 2.05) is 16.8 Å². The van der Waals surface area contributed by atoms with Gasteiger partial charge in [-0.1, -0.05) is 32.9 Å². The van der Waals surface area contributed by atoms with E-state index in [2.05, 4.69) is 66.5 Å². The number of benzene rings is 1. The van der Waals surface area contributed by atoms with Crippen molar-refractivity contribution in [1.29, 1.82) is 0 Å². The van der Waals surface area contributed by atoms with Crippen LogP contribution < -0.4 is 0 Å². The third kappa shape index (κ3) is 3.94. The van der Waals surface area contributed by atoms with Gasteiger partial charge in [-0.3, -0.25) is 5.10 Å². The summed E-state index contributed by atoms with van der Waals surface area (Å²) in [5.74, 6) is 1.64. The van der Waals surface area contributed by atoms with Gasteiger partial charge in [-0.15, -0.1) is 11.8 Å². The first-order valence-electron chi connectivity index (χ1n) is 9.29. The van der Waals surface area contributed by atoms with Crippen molar-refractivity contribution >= 4 is 22.8 Å². The molecule has 0 saturated carbocycles. The van der Waals surface area contributed by atoms with Gasteiger partial charge in [0.15, 0.2) is 17.3 Å². The molecule has 0 saturated heterocycles. The fourth-order valence-electron chi connectivity index (χ4n) is 3.16. The maximum absolute atomic E-state index is 4.87. The van der Waals surface area contributed by atoms with Gasteiger partial charge in [-0.05, 0) is 41.5 Å². The van der Waals surface area contributed by atoms with Crippen LogP contribution in [0.1, 0.15) is 32.2 Å². The highest BCUT2D eigenvalue weighted by Gasteiger charge is 2.21. The monoisotopic (exact) mass is 392 g/mol. The third-order valence-corrected chi connectivity index (χ3v) is 5.19. The Hall–Kier alpha value is -2.67. The number of pyridine rings is 1. The van der Waals surface area contributed by atoms with E-state index in [0.717, 1.165) is 29.1 Å². The van der Waals surface area contributed by atoms with E-state index < -0.39 is 0 Å². The smallest absolute Gasteiger partial charge is 0.181 e. The van der Waals surface area contributed by atoms with Crippen molar-refractivity contribution in [2.24, 2.45) is 5.41 Å². The Kier molecular flexibility index (Phi) is 4.93. The highest BCUT2D eigenvalue weighted by Crippen LogP contribution is 2.26. The maximum Gasteiger partial charge on any atom is 0.181 e. The average molecular weight is 393 g/mol. The Labute approximate surface area is 168 Å². The number of H-pyrrole nitrogens is 1. The summed E-state index contributed by atoms with van der Waals surface area (Å²) in [4.78, 5) is 10.4. The van der Waals surface area contributed by atoms with Crippen molar-refractivity contribution in [3.8, 4) is 11.5 Å². The number of hydrogen-bond acceptors (Lipinski definition) is 5. The molecule has 1 N–H and O–H groups in total. The van der Waals surface area contributed by atoms with Crippen LogP contribution >= 0.6 is 11.8 Å². The predicted octanol–water partition coefficient (Wildman–Crippen LogP) is 4.58. The molecule has 0 spiro atoms. The molecule has 0 fully saturated rings. The molecular formula is C21H24N6S. The SMILES string of the molecule is CSc1ccc(Cn2nc(CC(C)(C)C)nc2-c2[nH]nc3ncccc23)cc1. The first-order valence-corrected chi connectivity index (χ1v) is 10.5. The van der Waals surface area contributed by atoms with Crippen LogP contribution in [0, 0.1) is 5.41 Å². The van der Waals surface area contributed by atoms with Gasteiger partial charge < -0.3 is 0 Å². The Morgan fingerprint density at radius 2 is 1.89 bits per heavy atom. The fraction of sp³-hybridized carbons (Fsp3) is 0.333. The molecule has 4 aromatic rings. The number of rotatable bonds is 5. The molecular weight excluding hydrogens is 368 g/mol. The molecule has 0 unspecified atom stereocenters. The lowest BCUT2D eigenvalue weighted by atomic mass is 9.92. The highest BCUT2D eigenvalue weighted by molar-refractivity contribution is 7.98. The summed E-state index contributed by atoms with van der Waals surface area (Å²) in [5.41, 5.74) is 2.85. The van der Waals surface area contributed by atoms with Crippen LogP contribution in [0.5, 0.6) is 0 Å². The molecule has 0 atom stereocenters. The zero-order chi connectivity index (χ0) is 19.7. The molecule has 0 bridgehead atoms. The van der Waals surface area contributed by atoms with Crippen molar-refractivity contribution in [2.75, 3.05) is 6.26 Å². The summed E-state index contributed by atoms with van der Waals surface area (Å²) in [6, 6.07) is 12.5. The summed E-state index contributed by atoms with van der Waals surface area (Å²) in [7, 11) is 0. The van der Waals surface area contributed by atoms with E-state index in [9.17, 15) is 0 Å². The Morgan fingerprint density at radius 1 is 1.11 bits per heavy atom. The van der Waals surface area contributed by atoms with E-state index in [-0.39, 0.29) is 5.41 Å². The van der Waals surface area contributed by atoms with Crippen LogP contribution in [0.15, 0.2) is 47.5 Å². The number of nitrogens with one attached hydrogen (secondary N) is 1. The van der Waals surface area contributed by atoms with E-state index in [0.29, 0.717) is 12.2 Å². The van der Waals surface area contributed by atoms with Crippen LogP contribution in [-0.4, -0.2) is 36.2 Å². The number of nitrogens with zero attached hydrogens (tertiary/aromatic N) is 5. The lowest BCUT2D eigenvalue weighted by Crippen LogP contribution is -2.11. The Morgan fingerprint density at radius 3 is 2.61 bits per heavy atom. The maximum atomic E-state index is 4.87. The second-order valence-electron chi connectivity index (χ2n) is 8.07. The third-order valence-electron chi connectivity index (χ3n) is 4.45. The largest absolute Gasteiger partial charge is 0.272 e. The topological polar surface area (TPSA) is 72.3 Å². The quantitative estimate of drug-likeness (QED) is 0.504. The van der Waals surface area contributed by atoms with Crippen molar-refractivity contribution in [2.45, 2.75) is 38.6 Å². The number of aromatic amines is 1. The average Bonchev–Trinajstić information content (AvgIpc) is 3.24. The summed E-state index contributed by atoms with van der Waals surface area (Å²) >= 11 is 1.74. The molecule has 0 radical (unpaired) electrons. The van der Waals surface area contributed by atoms with Crippen molar-refractivity contribution in [3.05, 3.63) is 54.0 Å². The first-order chi connectivity index (χ1) is 13.4. The standard InChI is InChI=1S/C21H24N6S/c1-21(2,3)12-17-23-20(18-16-6-5-11-22-19(16)25-24-18)27(26-17)13-14-7-9-15(28-4)10-8-14/h5-11H,12-13H2,1-4H3,(H,22,24,25). The lowest BCUT2D eigenvalue weighted by Gasteiger charge is -2.14. The van der Waals surface area contributed by atoms with Crippen LogP contribution in [0.25, 0.3) is 22.6 Å². The van der Waals surface area contributed by atoms with E-state index in [4.69, 9.17) is 10.1 Å². The Balaban J connectivity index is 1.77. The normalized spacial score (nSPS) is 12.0. The summed E-state index contributed by atoms with van der Waals surface area (Å²) in [6.45, 7) is 7.25. The molecule has 28 heavy (non-hydrogen) atoms. The number of thioether (sulfide) groups is 1. The van der Waals surface area contributed by atoms with Gasteiger partial charge in [-0.25, -0.2) is 14.6 Å². The molecule has 3 aromatic heterocycles. The molecule has 0 aliphatic heterocycles. The van der Waals surface area contributed by atoms with Gasteiger partial charge in [-0.2, -0.15) is 10.2 Å². The second-order valence-corrected chi connectivity index (χ2v) is 8.95. The zero-order valence-corrected chi connectivity index (χ0v) is 17.4. The van der Waals surface area contributed by atoms with Crippen LogP contribution in [-0.2, 0) is 13.0 Å². The second kappa shape index (κ2) is 7.39. The molecule has 0 aliphatic carbocycles. The first kappa shape index (κ1) is 18.7. The van der Waals surface area contributed by atoms with Gasteiger partial charge in [0, 0.05) is 22.9 Å². The minimum absolute atomic E-state index is 0.112. The van der Waals surface area contributed by atoms with Crippen molar-refractivity contribution in [3.63, 3.8) is 0 Å². The van der Waals surface area contributed by atoms with Gasteiger partial charge in [0.2, 0.25) is 0 Å². The van der Waals surface area contributed by atoms with E-state index in [1.54, 1.807) is 18.0 Å². The molecule has 6 nitrogen and oxygen atoms in total. The van der Waals surface area contributed by atoms with Gasteiger partial charge >= 0.3 is 0 Å². The van der Waals surface area contributed by atoms with Crippen LogP contribution in [0.4, 0.5) is 0 Å². The van der Waals surface area contributed by atoms with Gasteiger partial charge in [0.05, 0.1) is 6.54 Å². The summed E-state index contributed by atoms with van der Waals surface area (Å²) in [5, 5.41) is 13.2. The van der Waals surface area contributed by atoms with E-state index in [1.165, 1.54) is 10.5 Å². The Bertz CT molecular complexity index is 1090. The molecule has 3 heterocycles. The van der Waals surface area contributed by atoms with Crippen molar-refractivity contribution < 1.29 is 0 Å². The summed E-state index contributed by atoms with van der Waals surface area (Å²) in [6.07, 6.45) is 4.64. The molecule has 0 aliphatic rings. The predicted molar refractivity (Wildman–Crippen MR) is 113 cm³/mol. The van der Waals surface area contributed by atoms with Crippen LogP contribution in [0.2, 0.25) is 0 Å². The number of fused-ring (bicyclic) bond motifs is 1. The minimum Gasteiger partial charge on any atom is -0.272 e.